The van der Waals surface area contributed by atoms with Crippen LogP contribution in [-0.2, 0) is 9.59 Å². The van der Waals surface area contributed by atoms with Gasteiger partial charge >= 0.3 is 0 Å². The van der Waals surface area contributed by atoms with Crippen molar-refractivity contribution in [2.45, 2.75) is 30.3 Å². The molecule has 2 aliphatic heterocycles. The van der Waals surface area contributed by atoms with Crippen molar-refractivity contribution in [2.24, 2.45) is 11.8 Å². The van der Waals surface area contributed by atoms with E-state index in [1.54, 1.807) is 13.0 Å². The van der Waals surface area contributed by atoms with E-state index in [9.17, 15) is 19.8 Å². The highest BCUT2D eigenvalue weighted by atomic mass is 32.2. The summed E-state index contributed by atoms with van der Waals surface area (Å²) in [7, 11) is 0. The Morgan fingerprint density at radius 2 is 2.23 bits per heavy atom. The predicted octanol–water partition coefficient (Wildman–Crippen LogP) is 0.790. The van der Waals surface area contributed by atoms with Crippen LogP contribution in [0, 0.1) is 11.8 Å². The molecule has 3 N–H and O–H groups in total. The van der Waals surface area contributed by atoms with Gasteiger partial charge in [0.2, 0.25) is 5.91 Å². The number of anilines is 1. The van der Waals surface area contributed by atoms with Crippen LogP contribution in [0.3, 0.4) is 0 Å². The third-order valence-electron chi connectivity index (χ3n) is 4.89. The first-order chi connectivity index (χ1) is 12.3. The molecule has 136 valence electrons. The molecule has 0 bridgehead atoms. The van der Waals surface area contributed by atoms with Gasteiger partial charge in [0.05, 0.1) is 39.9 Å². The zero-order valence-corrected chi connectivity index (χ0v) is 15.6. The number of aromatic nitrogens is 1. The lowest BCUT2D eigenvalue weighted by atomic mass is 9.79. The Balaban J connectivity index is 1.72. The van der Waals surface area contributed by atoms with Crippen LogP contribution in [-0.4, -0.2) is 39.0 Å². The van der Waals surface area contributed by atoms with Crippen LogP contribution in [0.5, 0.6) is 0 Å². The van der Waals surface area contributed by atoms with Crippen LogP contribution >= 0.6 is 23.1 Å². The molecule has 0 aliphatic carbocycles. The number of aliphatic carboxylic acids is 1. The highest BCUT2D eigenvalue weighted by molar-refractivity contribution is 8.04. The molecule has 1 saturated heterocycles. The quantitative estimate of drug-likeness (QED) is 0.585. The average Bonchev–Trinajstić information content (AvgIpc) is 3.05. The molecule has 9 heteroatoms. The minimum absolute atomic E-state index is 0.104. The van der Waals surface area contributed by atoms with Crippen molar-refractivity contribution in [1.29, 1.82) is 0 Å². The molecule has 1 aromatic heterocycles. The summed E-state index contributed by atoms with van der Waals surface area (Å²) in [6, 6.07) is 5.04. The second-order valence-electron chi connectivity index (χ2n) is 6.56. The molecule has 26 heavy (non-hydrogen) atoms. The number of fused-ring (bicyclic) bond motifs is 2. The fraction of sp³-hybridized carbons (Fsp3) is 0.353. The van der Waals surface area contributed by atoms with Crippen molar-refractivity contribution < 1.29 is 19.8 Å². The van der Waals surface area contributed by atoms with Gasteiger partial charge in [-0.25, -0.2) is 4.98 Å². The fourth-order valence-electron chi connectivity index (χ4n) is 3.71. The summed E-state index contributed by atoms with van der Waals surface area (Å²) >= 11 is 2.66. The molecular formula is C17H16N3O4S2-. The molecule has 0 saturated carbocycles. The number of carbonyl (C=O) groups excluding carboxylic acids is 2. The number of aliphatic hydroxyl groups excluding tert-OH is 1. The highest BCUT2D eigenvalue weighted by Gasteiger charge is 2.58. The Hall–Kier alpha value is -2.10. The number of aliphatic hydroxyl groups is 1. The number of nitrogens with zero attached hydrogens (tertiary/aromatic N) is 2. The van der Waals surface area contributed by atoms with Gasteiger partial charge < -0.3 is 25.6 Å². The summed E-state index contributed by atoms with van der Waals surface area (Å²) in [5.41, 5.74) is 7.11. The molecule has 2 aliphatic rings. The number of amides is 1. The lowest BCUT2D eigenvalue weighted by molar-refractivity contribution is -0.301. The lowest BCUT2D eigenvalue weighted by Crippen LogP contribution is -2.64. The minimum Gasteiger partial charge on any atom is -0.543 e. The van der Waals surface area contributed by atoms with E-state index in [-0.39, 0.29) is 23.6 Å². The highest BCUT2D eigenvalue weighted by Crippen LogP contribution is 2.52. The maximum atomic E-state index is 12.3. The molecule has 3 heterocycles. The Kier molecular flexibility index (Phi) is 3.98. The van der Waals surface area contributed by atoms with Crippen molar-refractivity contribution in [3.05, 3.63) is 28.8 Å². The monoisotopic (exact) mass is 390 g/mol. The van der Waals surface area contributed by atoms with Crippen LogP contribution in [0.15, 0.2) is 33.1 Å². The smallest absolute Gasteiger partial charge is 0.235 e. The van der Waals surface area contributed by atoms with Gasteiger partial charge in [-0.15, -0.1) is 11.3 Å². The van der Waals surface area contributed by atoms with E-state index < -0.39 is 18.0 Å². The molecule has 4 rings (SSSR count). The van der Waals surface area contributed by atoms with Crippen molar-refractivity contribution in [3.8, 4) is 0 Å². The van der Waals surface area contributed by atoms with Crippen LogP contribution in [0.25, 0.3) is 10.2 Å². The van der Waals surface area contributed by atoms with Crippen molar-refractivity contribution in [2.75, 3.05) is 5.73 Å². The summed E-state index contributed by atoms with van der Waals surface area (Å²) in [4.78, 5) is 30.3. The molecule has 2 aromatic rings. The van der Waals surface area contributed by atoms with E-state index in [1.807, 2.05) is 19.1 Å². The molecule has 1 fully saturated rings. The molecule has 1 amide bonds. The number of thioether (sulfide) groups is 1. The number of rotatable bonds is 4. The molecule has 1 aromatic carbocycles. The second-order valence-corrected chi connectivity index (χ2v) is 8.88. The van der Waals surface area contributed by atoms with E-state index in [4.69, 9.17) is 5.73 Å². The van der Waals surface area contributed by atoms with Gasteiger partial charge in [0.15, 0.2) is 4.34 Å². The summed E-state index contributed by atoms with van der Waals surface area (Å²) in [5.74, 6) is -2.57. The van der Waals surface area contributed by atoms with Crippen molar-refractivity contribution in [3.63, 3.8) is 0 Å². The number of nitrogen functional groups attached to an aromatic ring is 1. The number of β-lactam (4-membered cyclic amide) rings is 1. The van der Waals surface area contributed by atoms with Crippen LogP contribution in [0.4, 0.5) is 5.69 Å². The largest absolute Gasteiger partial charge is 0.543 e. The van der Waals surface area contributed by atoms with E-state index >= 15 is 0 Å². The number of nitrogens with two attached hydrogens (primary N) is 1. The number of carbonyl (C=O) groups is 2. The van der Waals surface area contributed by atoms with Gasteiger partial charge in [0.1, 0.15) is 0 Å². The molecule has 0 unspecified atom stereocenters. The van der Waals surface area contributed by atoms with Crippen molar-refractivity contribution >= 4 is 50.9 Å². The molecule has 4 atom stereocenters. The number of hydrogen-bond donors (Lipinski definition) is 2. The SMILES string of the molecule is C[C@@H](O)[C@H]1C(=O)N2C(C(=O)[O-])=C(Sc3nc4ccc(N)cc4s3)[C@H](C)[C@H]12. The lowest BCUT2D eigenvalue weighted by Gasteiger charge is -2.47. The first kappa shape index (κ1) is 17.3. The summed E-state index contributed by atoms with van der Waals surface area (Å²) in [6.07, 6.45) is -0.830. The van der Waals surface area contributed by atoms with Gasteiger partial charge in [0, 0.05) is 16.5 Å². The third-order valence-corrected chi connectivity index (χ3v) is 7.26. The Morgan fingerprint density at radius 3 is 2.88 bits per heavy atom. The van der Waals surface area contributed by atoms with Gasteiger partial charge in [-0.2, -0.15) is 0 Å². The fourth-order valence-corrected chi connectivity index (χ4v) is 6.09. The van der Waals surface area contributed by atoms with Gasteiger partial charge in [0.25, 0.3) is 0 Å². The van der Waals surface area contributed by atoms with Crippen LogP contribution < -0.4 is 10.8 Å². The van der Waals surface area contributed by atoms with Gasteiger partial charge in [-0.1, -0.05) is 18.7 Å². The molecule has 7 nitrogen and oxygen atoms in total. The molecule has 0 spiro atoms. The van der Waals surface area contributed by atoms with Crippen molar-refractivity contribution in [1.82, 2.24) is 9.88 Å². The second kappa shape index (κ2) is 5.97. The summed E-state index contributed by atoms with van der Waals surface area (Å²) in [5, 5.41) is 21.6. The number of thiazole rings is 1. The zero-order valence-electron chi connectivity index (χ0n) is 14.0. The normalized spacial score (nSPS) is 26.2. The van der Waals surface area contributed by atoms with Crippen LogP contribution in [0.2, 0.25) is 0 Å². The third kappa shape index (κ3) is 2.42. The first-order valence-corrected chi connectivity index (χ1v) is 9.73. The Bertz CT molecular complexity index is 968. The standard InChI is InChI=1S/C17H17N3O4S2/c1-6-12-11(7(2)21)15(22)20(12)13(16(23)24)14(6)26-17-19-9-4-3-8(18)5-10(9)25-17/h3-7,11-12,21H,18H2,1-2H3,(H,23,24)/p-1/t6-,7-,11-,12-/m1/s1. The number of hydrogen-bond acceptors (Lipinski definition) is 8. The first-order valence-electron chi connectivity index (χ1n) is 8.10. The maximum absolute atomic E-state index is 12.3. The minimum atomic E-state index is -1.38. The number of carboxylic acid groups (broad SMARTS) is 1. The van der Waals surface area contributed by atoms with E-state index in [2.05, 4.69) is 4.98 Å². The summed E-state index contributed by atoms with van der Waals surface area (Å²) < 4.78 is 1.59. The Labute approximate surface area is 157 Å². The van der Waals surface area contributed by atoms with Gasteiger partial charge in [-0.3, -0.25) is 4.79 Å². The van der Waals surface area contributed by atoms with Crippen LogP contribution in [0.1, 0.15) is 13.8 Å². The zero-order chi connectivity index (χ0) is 18.7. The van der Waals surface area contributed by atoms with E-state index in [0.717, 1.165) is 10.2 Å². The molecular weight excluding hydrogens is 374 g/mol. The maximum Gasteiger partial charge on any atom is 0.235 e. The predicted molar refractivity (Wildman–Crippen MR) is 96.9 cm³/mol. The van der Waals surface area contributed by atoms with E-state index in [0.29, 0.717) is 14.9 Å². The van der Waals surface area contributed by atoms with Gasteiger partial charge in [-0.05, 0) is 25.1 Å². The van der Waals surface area contributed by atoms with E-state index in [1.165, 1.54) is 28.0 Å². The number of carboxylic acids is 1. The molecule has 0 radical (unpaired) electrons. The number of benzene rings is 1. The summed E-state index contributed by atoms with van der Waals surface area (Å²) in [6.45, 7) is 3.41. The topological polar surface area (TPSA) is 120 Å². The average molecular weight is 390 g/mol. The Morgan fingerprint density at radius 1 is 1.50 bits per heavy atom.